The first-order valence-electron chi connectivity index (χ1n) is 7.10. The normalized spacial score (nSPS) is 12.0. The van der Waals surface area contributed by atoms with Crippen LogP contribution in [0.25, 0.3) is 11.3 Å². The fourth-order valence-electron chi connectivity index (χ4n) is 2.13. The van der Waals surface area contributed by atoms with E-state index in [9.17, 15) is 21.6 Å². The Hall–Kier alpha value is -3.01. The number of hydrogen-bond donors (Lipinski definition) is 1. The molecule has 0 aliphatic rings. The number of aromatic nitrogens is 1. The molecule has 0 saturated heterocycles. The summed E-state index contributed by atoms with van der Waals surface area (Å²) < 4.78 is 72.4. The van der Waals surface area contributed by atoms with E-state index < -0.39 is 22.1 Å². The molecule has 3 aromatic rings. The fraction of sp³-hybridized carbons (Fsp3) is 0.0625. The third kappa shape index (κ3) is 4.33. The lowest BCUT2D eigenvalue weighted by Gasteiger charge is -2.11. The molecule has 136 valence electrons. The second kappa shape index (κ2) is 6.71. The summed E-state index contributed by atoms with van der Waals surface area (Å²) >= 11 is 0. The molecule has 2 aromatic carbocycles. The van der Waals surface area contributed by atoms with Gasteiger partial charge in [0.2, 0.25) is 0 Å². The van der Waals surface area contributed by atoms with E-state index in [-0.39, 0.29) is 10.6 Å². The maximum atomic E-state index is 12.4. The molecule has 1 aromatic heterocycles. The molecule has 0 atom stereocenters. The largest absolute Gasteiger partial charge is 0.573 e. The van der Waals surface area contributed by atoms with Crippen LogP contribution in [0, 0.1) is 0 Å². The van der Waals surface area contributed by atoms with Crippen LogP contribution in [-0.4, -0.2) is 19.8 Å². The zero-order valence-corrected chi connectivity index (χ0v) is 13.7. The number of ether oxygens (including phenoxy) is 1. The predicted molar refractivity (Wildman–Crippen MR) is 85.9 cm³/mol. The number of oxazole rings is 1. The van der Waals surface area contributed by atoms with Crippen molar-refractivity contribution in [2.75, 3.05) is 4.72 Å². The van der Waals surface area contributed by atoms with Crippen LogP contribution in [0.2, 0.25) is 0 Å². The molecule has 0 aliphatic heterocycles. The summed E-state index contributed by atoms with van der Waals surface area (Å²) in [5.74, 6) is -0.0523. The Bertz CT molecular complexity index is 985. The van der Waals surface area contributed by atoms with Gasteiger partial charge in [-0.25, -0.2) is 13.4 Å². The van der Waals surface area contributed by atoms with Gasteiger partial charge in [0.05, 0.1) is 11.1 Å². The van der Waals surface area contributed by atoms with Crippen LogP contribution in [0.1, 0.15) is 0 Å². The number of rotatable bonds is 5. The summed E-state index contributed by atoms with van der Waals surface area (Å²) in [4.78, 5) is 3.58. The van der Waals surface area contributed by atoms with Gasteiger partial charge >= 0.3 is 6.36 Å². The number of hydrogen-bond acceptors (Lipinski definition) is 5. The quantitative estimate of drug-likeness (QED) is 0.718. The van der Waals surface area contributed by atoms with Gasteiger partial charge in [-0.3, -0.25) is 4.72 Å². The molecule has 6 nitrogen and oxygen atoms in total. The van der Waals surface area contributed by atoms with E-state index in [1.54, 1.807) is 18.2 Å². The SMILES string of the molecule is O=S(=O)(Nc1cccc(-c2cnco2)c1)c1ccc(OC(F)(F)F)cc1. The molecule has 0 spiro atoms. The van der Waals surface area contributed by atoms with Gasteiger partial charge < -0.3 is 9.15 Å². The van der Waals surface area contributed by atoms with E-state index in [4.69, 9.17) is 4.42 Å². The van der Waals surface area contributed by atoms with Crippen LogP contribution in [-0.2, 0) is 10.0 Å². The van der Waals surface area contributed by atoms with E-state index in [2.05, 4.69) is 14.4 Å². The number of nitrogens with zero attached hydrogens (tertiary/aromatic N) is 1. The minimum atomic E-state index is -4.85. The van der Waals surface area contributed by atoms with Gasteiger partial charge in [-0.2, -0.15) is 0 Å². The van der Waals surface area contributed by atoms with Crippen molar-refractivity contribution in [3.05, 3.63) is 61.1 Å². The van der Waals surface area contributed by atoms with Gasteiger partial charge in [0, 0.05) is 11.3 Å². The third-order valence-corrected chi connectivity index (χ3v) is 4.60. The van der Waals surface area contributed by atoms with E-state index >= 15 is 0 Å². The molecular formula is C16H11F3N2O4S. The molecule has 0 fully saturated rings. The smallest absolute Gasteiger partial charge is 0.444 e. The van der Waals surface area contributed by atoms with E-state index in [0.29, 0.717) is 11.3 Å². The average Bonchev–Trinajstić information content (AvgIpc) is 3.08. The Kier molecular flexibility index (Phi) is 4.60. The van der Waals surface area contributed by atoms with Crippen molar-refractivity contribution in [3.8, 4) is 17.1 Å². The van der Waals surface area contributed by atoms with Crippen LogP contribution in [0.4, 0.5) is 18.9 Å². The van der Waals surface area contributed by atoms with E-state index in [1.807, 2.05) is 0 Å². The van der Waals surface area contributed by atoms with Crippen molar-refractivity contribution in [1.29, 1.82) is 0 Å². The molecule has 0 amide bonds. The zero-order valence-electron chi connectivity index (χ0n) is 12.9. The maximum Gasteiger partial charge on any atom is 0.573 e. The topological polar surface area (TPSA) is 81.4 Å². The van der Waals surface area contributed by atoms with Gasteiger partial charge in [-0.1, -0.05) is 12.1 Å². The summed E-state index contributed by atoms with van der Waals surface area (Å²) in [6, 6.07) is 10.3. The lowest BCUT2D eigenvalue weighted by molar-refractivity contribution is -0.274. The van der Waals surface area contributed by atoms with Crippen molar-refractivity contribution >= 4 is 15.7 Å². The molecule has 3 rings (SSSR count). The lowest BCUT2D eigenvalue weighted by Crippen LogP contribution is -2.17. The molecule has 0 unspecified atom stereocenters. The molecule has 1 N–H and O–H groups in total. The number of anilines is 1. The van der Waals surface area contributed by atoms with Crippen molar-refractivity contribution in [2.45, 2.75) is 11.3 Å². The Labute approximate surface area is 146 Å². The first kappa shape index (κ1) is 17.8. The minimum Gasteiger partial charge on any atom is -0.444 e. The van der Waals surface area contributed by atoms with Crippen molar-refractivity contribution < 1.29 is 30.7 Å². The maximum absolute atomic E-state index is 12.4. The number of nitrogens with one attached hydrogen (secondary N) is 1. The summed E-state index contributed by atoms with van der Waals surface area (Å²) in [6.45, 7) is 0. The molecule has 0 bridgehead atoms. The molecule has 10 heteroatoms. The van der Waals surface area contributed by atoms with E-state index in [1.165, 1.54) is 18.7 Å². The number of benzene rings is 2. The van der Waals surface area contributed by atoms with Crippen LogP contribution < -0.4 is 9.46 Å². The molecule has 26 heavy (non-hydrogen) atoms. The van der Waals surface area contributed by atoms with Crippen molar-refractivity contribution in [1.82, 2.24) is 4.98 Å². The van der Waals surface area contributed by atoms with Gasteiger partial charge in [0.25, 0.3) is 10.0 Å². The van der Waals surface area contributed by atoms with Crippen molar-refractivity contribution in [3.63, 3.8) is 0 Å². The highest BCUT2D eigenvalue weighted by Gasteiger charge is 2.31. The fourth-order valence-corrected chi connectivity index (χ4v) is 3.18. The van der Waals surface area contributed by atoms with Gasteiger partial charge in [0.15, 0.2) is 12.2 Å². The highest BCUT2D eigenvalue weighted by molar-refractivity contribution is 7.92. The van der Waals surface area contributed by atoms with Crippen LogP contribution in [0.15, 0.2) is 70.4 Å². The first-order valence-corrected chi connectivity index (χ1v) is 8.59. The standard InChI is InChI=1S/C16H11F3N2O4S/c17-16(18,19)25-13-4-6-14(7-5-13)26(22,23)21-12-3-1-2-11(8-12)15-9-20-10-24-15/h1-10,21H. The Morgan fingerprint density at radius 2 is 1.81 bits per heavy atom. The molecule has 0 radical (unpaired) electrons. The second-order valence-corrected chi connectivity index (χ2v) is 6.75. The lowest BCUT2D eigenvalue weighted by atomic mass is 10.2. The molecule has 1 heterocycles. The Morgan fingerprint density at radius 1 is 1.08 bits per heavy atom. The highest BCUT2D eigenvalue weighted by atomic mass is 32.2. The van der Waals surface area contributed by atoms with E-state index in [0.717, 1.165) is 24.3 Å². The minimum absolute atomic E-state index is 0.211. The second-order valence-electron chi connectivity index (χ2n) is 5.07. The number of sulfonamides is 1. The highest BCUT2D eigenvalue weighted by Crippen LogP contribution is 2.26. The van der Waals surface area contributed by atoms with Crippen molar-refractivity contribution in [2.24, 2.45) is 0 Å². The molecule has 0 saturated carbocycles. The monoisotopic (exact) mass is 384 g/mol. The van der Waals surface area contributed by atoms with Crippen LogP contribution in [0.5, 0.6) is 5.75 Å². The third-order valence-electron chi connectivity index (χ3n) is 3.20. The summed E-state index contributed by atoms with van der Waals surface area (Å²) in [5.41, 5.74) is 0.867. The summed E-state index contributed by atoms with van der Waals surface area (Å²) in [6.07, 6.45) is -2.12. The van der Waals surface area contributed by atoms with Crippen LogP contribution in [0.3, 0.4) is 0 Å². The molecule has 0 aliphatic carbocycles. The first-order chi connectivity index (χ1) is 12.2. The zero-order chi connectivity index (χ0) is 18.8. The van der Waals surface area contributed by atoms with Gasteiger partial charge in [-0.15, -0.1) is 13.2 Å². The van der Waals surface area contributed by atoms with Gasteiger partial charge in [-0.05, 0) is 36.4 Å². The Morgan fingerprint density at radius 3 is 2.42 bits per heavy atom. The number of alkyl halides is 3. The number of halogens is 3. The Balaban J connectivity index is 1.80. The summed E-state index contributed by atoms with van der Waals surface area (Å²) in [7, 11) is -3.99. The van der Waals surface area contributed by atoms with Crippen LogP contribution >= 0.6 is 0 Å². The molecular weight excluding hydrogens is 373 g/mol. The average molecular weight is 384 g/mol. The predicted octanol–water partition coefficient (Wildman–Crippen LogP) is 4.04. The van der Waals surface area contributed by atoms with Gasteiger partial charge in [0.1, 0.15) is 5.75 Å². The summed E-state index contributed by atoms with van der Waals surface area (Å²) in [5, 5.41) is 0.